The van der Waals surface area contributed by atoms with E-state index in [0.717, 1.165) is 6.42 Å². The van der Waals surface area contributed by atoms with Gasteiger partial charge in [0.25, 0.3) is 5.91 Å². The van der Waals surface area contributed by atoms with E-state index in [0.29, 0.717) is 24.0 Å². The molecule has 24 heavy (non-hydrogen) atoms. The van der Waals surface area contributed by atoms with Crippen molar-refractivity contribution in [3.8, 4) is 0 Å². The number of carbonyl (C=O) groups excluding carboxylic acids is 1. The number of hydrogen-bond donors (Lipinski definition) is 1. The van der Waals surface area contributed by atoms with Crippen LogP contribution in [0.15, 0.2) is 12.1 Å². The summed E-state index contributed by atoms with van der Waals surface area (Å²) in [5, 5.41) is 10.1. The van der Waals surface area contributed by atoms with Crippen LogP contribution in [0.1, 0.15) is 36.2 Å². The number of hydrogen-bond acceptors (Lipinski definition) is 4. The summed E-state index contributed by atoms with van der Waals surface area (Å²) >= 11 is 0. The van der Waals surface area contributed by atoms with E-state index in [-0.39, 0.29) is 31.1 Å². The number of aromatic nitrogens is 4. The van der Waals surface area contributed by atoms with Crippen molar-refractivity contribution in [3.63, 3.8) is 0 Å². The van der Waals surface area contributed by atoms with Crippen LogP contribution in [0.5, 0.6) is 0 Å². The number of piperidine rings is 1. The van der Waals surface area contributed by atoms with Gasteiger partial charge in [0, 0.05) is 13.1 Å². The first-order valence-corrected chi connectivity index (χ1v) is 7.93. The zero-order valence-electron chi connectivity index (χ0n) is 12.8. The summed E-state index contributed by atoms with van der Waals surface area (Å²) in [5.41, 5.74) is 0.239. The molecule has 1 spiro atoms. The Kier molecular flexibility index (Phi) is 3.29. The van der Waals surface area contributed by atoms with E-state index < -0.39 is 17.5 Å². The monoisotopic (exact) mass is 339 g/mol. The van der Waals surface area contributed by atoms with Crippen LogP contribution in [0.4, 0.5) is 13.2 Å². The van der Waals surface area contributed by atoms with E-state index in [2.05, 4.69) is 20.4 Å². The lowest BCUT2D eigenvalue weighted by atomic mass is 9.58. The maximum Gasteiger partial charge on any atom is 0.392 e. The standard InChI is InChI=1S/C15H16F3N5O/c16-15(17,18)11-4-7-23(8-14(11)5-1-6-14)13(24)10-3-2-9-12(19-10)21-22-20-9/h2-3,11H,1,4-8H2,(H,19,20,21,22)/t11-/m1/s1. The molecule has 1 saturated heterocycles. The lowest BCUT2D eigenvalue weighted by Crippen LogP contribution is -2.57. The molecular formula is C15H16F3N5O. The molecular weight excluding hydrogens is 323 g/mol. The predicted molar refractivity (Wildman–Crippen MR) is 78.0 cm³/mol. The average Bonchev–Trinajstić information content (AvgIpc) is 2.98. The maximum atomic E-state index is 13.3. The SMILES string of the molecule is O=C(c1ccc2n[nH]nc2n1)N1CC[C@@H](C(F)(F)F)C2(CCC2)C1. The molecule has 0 unspecified atom stereocenters. The average molecular weight is 339 g/mol. The number of likely N-dealkylation sites (tertiary alicyclic amines) is 1. The van der Waals surface area contributed by atoms with Gasteiger partial charge in [0.05, 0.1) is 5.92 Å². The van der Waals surface area contributed by atoms with Crippen LogP contribution in [0, 0.1) is 11.3 Å². The Morgan fingerprint density at radius 2 is 2.08 bits per heavy atom. The molecule has 1 N–H and O–H groups in total. The summed E-state index contributed by atoms with van der Waals surface area (Å²) in [7, 11) is 0. The number of fused-ring (bicyclic) bond motifs is 1. The van der Waals surface area contributed by atoms with Crippen LogP contribution in [-0.4, -0.2) is 50.5 Å². The third kappa shape index (κ3) is 2.33. The highest BCUT2D eigenvalue weighted by atomic mass is 19.4. The highest BCUT2D eigenvalue weighted by molar-refractivity contribution is 5.94. The summed E-state index contributed by atoms with van der Waals surface area (Å²) in [6.45, 7) is 0.248. The van der Waals surface area contributed by atoms with E-state index in [4.69, 9.17) is 0 Å². The second-order valence-electron chi connectivity index (χ2n) is 6.69. The molecule has 3 heterocycles. The molecule has 1 saturated carbocycles. The molecule has 6 nitrogen and oxygen atoms in total. The van der Waals surface area contributed by atoms with Crippen molar-refractivity contribution in [2.45, 2.75) is 31.9 Å². The van der Waals surface area contributed by atoms with E-state index >= 15 is 0 Å². The van der Waals surface area contributed by atoms with Crippen molar-refractivity contribution < 1.29 is 18.0 Å². The van der Waals surface area contributed by atoms with Gasteiger partial charge in [-0.2, -0.15) is 23.5 Å². The molecule has 1 amide bonds. The van der Waals surface area contributed by atoms with Crippen molar-refractivity contribution in [2.75, 3.05) is 13.1 Å². The largest absolute Gasteiger partial charge is 0.392 e. The number of pyridine rings is 1. The predicted octanol–water partition coefficient (Wildman–Crippen LogP) is 2.55. The molecule has 2 aliphatic rings. The van der Waals surface area contributed by atoms with E-state index in [1.807, 2.05) is 0 Å². The van der Waals surface area contributed by atoms with Gasteiger partial charge in [0.15, 0.2) is 0 Å². The third-order valence-corrected chi connectivity index (χ3v) is 5.36. The smallest absolute Gasteiger partial charge is 0.337 e. The van der Waals surface area contributed by atoms with Crippen LogP contribution in [-0.2, 0) is 0 Å². The minimum absolute atomic E-state index is 0.0402. The van der Waals surface area contributed by atoms with E-state index in [9.17, 15) is 18.0 Å². The Morgan fingerprint density at radius 3 is 2.75 bits per heavy atom. The van der Waals surface area contributed by atoms with Gasteiger partial charge in [-0.15, -0.1) is 5.10 Å². The fourth-order valence-electron chi connectivity index (χ4n) is 4.00. The summed E-state index contributed by atoms with van der Waals surface area (Å²) in [6.07, 6.45) is -2.40. The Balaban J connectivity index is 1.58. The Bertz CT molecular complexity index is 783. The van der Waals surface area contributed by atoms with Crippen LogP contribution < -0.4 is 0 Å². The molecule has 9 heteroatoms. The molecule has 2 aromatic rings. The van der Waals surface area contributed by atoms with E-state index in [1.165, 1.54) is 11.0 Å². The summed E-state index contributed by atoms with van der Waals surface area (Å²) in [6, 6.07) is 3.16. The van der Waals surface area contributed by atoms with Gasteiger partial charge in [-0.05, 0) is 36.8 Å². The number of carbonyl (C=O) groups is 1. The first-order valence-electron chi connectivity index (χ1n) is 7.93. The number of halogens is 3. The summed E-state index contributed by atoms with van der Waals surface area (Å²) in [5.74, 6) is -1.65. The number of nitrogens with one attached hydrogen (secondary N) is 1. The van der Waals surface area contributed by atoms with Crippen LogP contribution in [0.3, 0.4) is 0 Å². The minimum atomic E-state index is -4.20. The lowest BCUT2D eigenvalue weighted by Gasteiger charge is -2.54. The van der Waals surface area contributed by atoms with Gasteiger partial charge in [0.1, 0.15) is 11.2 Å². The zero-order valence-corrected chi connectivity index (χ0v) is 12.8. The van der Waals surface area contributed by atoms with Gasteiger partial charge < -0.3 is 4.90 Å². The summed E-state index contributed by atoms with van der Waals surface area (Å²) in [4.78, 5) is 18.3. The second-order valence-corrected chi connectivity index (χ2v) is 6.69. The molecule has 0 radical (unpaired) electrons. The van der Waals surface area contributed by atoms with Crippen molar-refractivity contribution in [3.05, 3.63) is 17.8 Å². The molecule has 1 aliphatic carbocycles. The van der Waals surface area contributed by atoms with Crippen LogP contribution in [0.2, 0.25) is 0 Å². The fraction of sp³-hybridized carbons (Fsp3) is 0.600. The number of rotatable bonds is 1. The minimum Gasteiger partial charge on any atom is -0.337 e. The maximum absolute atomic E-state index is 13.3. The first-order chi connectivity index (χ1) is 11.4. The molecule has 0 bridgehead atoms. The van der Waals surface area contributed by atoms with Gasteiger partial charge in [0.2, 0.25) is 5.65 Å². The first kappa shape index (κ1) is 15.3. The molecule has 4 rings (SSSR count). The zero-order chi connectivity index (χ0) is 16.9. The fourth-order valence-corrected chi connectivity index (χ4v) is 4.00. The van der Waals surface area contributed by atoms with Crippen molar-refractivity contribution >= 4 is 17.1 Å². The number of alkyl halides is 3. The highest BCUT2D eigenvalue weighted by Crippen LogP contribution is 2.56. The molecule has 2 aromatic heterocycles. The number of nitrogens with zero attached hydrogens (tertiary/aromatic N) is 4. The normalized spacial score (nSPS) is 23.5. The highest BCUT2D eigenvalue weighted by Gasteiger charge is 2.58. The lowest BCUT2D eigenvalue weighted by molar-refractivity contribution is -0.235. The molecule has 0 aromatic carbocycles. The van der Waals surface area contributed by atoms with Gasteiger partial charge in [-0.3, -0.25) is 4.79 Å². The topological polar surface area (TPSA) is 74.8 Å². The van der Waals surface area contributed by atoms with Gasteiger partial charge >= 0.3 is 6.18 Å². The van der Waals surface area contributed by atoms with Gasteiger partial charge in [-0.25, -0.2) is 4.98 Å². The Morgan fingerprint density at radius 1 is 1.29 bits per heavy atom. The number of H-pyrrole nitrogens is 1. The van der Waals surface area contributed by atoms with Gasteiger partial charge in [-0.1, -0.05) is 6.42 Å². The number of amides is 1. The molecule has 2 fully saturated rings. The number of aromatic amines is 1. The van der Waals surface area contributed by atoms with Crippen molar-refractivity contribution in [2.24, 2.45) is 11.3 Å². The Labute approximate surface area is 135 Å². The molecule has 1 aliphatic heterocycles. The Hall–Kier alpha value is -2.19. The molecule has 1 atom stereocenters. The quantitative estimate of drug-likeness (QED) is 0.866. The third-order valence-electron chi connectivity index (χ3n) is 5.36. The summed E-state index contributed by atoms with van der Waals surface area (Å²) < 4.78 is 39.9. The molecule has 128 valence electrons. The van der Waals surface area contributed by atoms with E-state index in [1.54, 1.807) is 6.07 Å². The van der Waals surface area contributed by atoms with Crippen molar-refractivity contribution in [1.29, 1.82) is 0 Å². The van der Waals surface area contributed by atoms with Crippen LogP contribution >= 0.6 is 0 Å². The van der Waals surface area contributed by atoms with Crippen molar-refractivity contribution in [1.82, 2.24) is 25.3 Å². The second kappa shape index (κ2) is 5.15. The van der Waals surface area contributed by atoms with Crippen LogP contribution in [0.25, 0.3) is 11.2 Å².